The summed E-state index contributed by atoms with van der Waals surface area (Å²) in [5.74, 6) is 2.70. The van der Waals surface area contributed by atoms with Crippen molar-refractivity contribution >= 4 is 22.4 Å². The van der Waals surface area contributed by atoms with E-state index in [4.69, 9.17) is 8.85 Å². The van der Waals surface area contributed by atoms with E-state index in [0.717, 1.165) is 19.3 Å². The zero-order valence-corrected chi connectivity index (χ0v) is 33.3. The predicted molar refractivity (Wildman–Crippen MR) is 198 cm³/mol. The molecule has 0 N–H and O–H groups in total. The van der Waals surface area contributed by atoms with Gasteiger partial charge in [0.05, 0.1) is 12.2 Å². The van der Waals surface area contributed by atoms with Crippen molar-refractivity contribution in [3.8, 4) is 0 Å². The van der Waals surface area contributed by atoms with Gasteiger partial charge in [0, 0.05) is 12.8 Å². The molecule has 0 saturated heterocycles. The summed E-state index contributed by atoms with van der Waals surface area (Å²) in [6.45, 7) is 33.1. The van der Waals surface area contributed by atoms with Crippen LogP contribution in [-0.4, -0.2) is 34.6 Å². The van der Waals surface area contributed by atoms with Gasteiger partial charge in [-0.05, 0) is 134 Å². The van der Waals surface area contributed by atoms with Crippen molar-refractivity contribution in [2.45, 2.75) is 168 Å². The predicted octanol–water partition coefficient (Wildman–Crippen LogP) is 11.7. The van der Waals surface area contributed by atoms with E-state index in [1.54, 1.807) is 5.57 Å². The quantitative estimate of drug-likeness (QED) is 0.174. The first kappa shape index (κ1) is 36.8. The Morgan fingerprint density at radius 3 is 2.20 bits per heavy atom. The van der Waals surface area contributed by atoms with Crippen molar-refractivity contribution in [1.29, 1.82) is 0 Å². The van der Waals surface area contributed by atoms with E-state index in [2.05, 4.69) is 106 Å². The number of allylic oxidation sites excluding steroid dienone is 5. The molecule has 0 aromatic carbocycles. The summed E-state index contributed by atoms with van der Waals surface area (Å²) in [7, 11) is -3.92. The molecule has 0 amide bonds. The monoisotopic (exact) mass is 652 g/mol. The maximum atomic E-state index is 12.5. The Hall–Kier alpha value is -1.02. The summed E-state index contributed by atoms with van der Waals surface area (Å²) in [6, 6.07) is 0. The molecule has 3 nitrogen and oxygen atoms in total. The average molecular weight is 653 g/mol. The lowest BCUT2D eigenvalue weighted by Crippen LogP contribution is -2.49. The highest BCUT2D eigenvalue weighted by Gasteiger charge is 2.50. The number of fused-ring (bicyclic) bond motifs is 1. The molecule has 0 spiro atoms. The Morgan fingerprint density at radius 2 is 1.60 bits per heavy atom. The molecule has 0 radical (unpaired) electrons. The molecule has 0 aromatic rings. The molecule has 4 fully saturated rings. The summed E-state index contributed by atoms with van der Waals surface area (Å²) in [4.78, 5) is 12.5. The van der Waals surface area contributed by atoms with Crippen LogP contribution in [0, 0.1) is 29.1 Å². The molecule has 4 rings (SSSR count). The first-order valence-corrected chi connectivity index (χ1v) is 24.1. The number of carbonyl (C=O) groups excluding carboxylic acids is 1. The SMILES string of the molecule is C=C1/C(=C/C=C2\CCC[C@]3(C)[C@@H]([C@H](C)/C=C/C(=O)CC4CC4)CC[C@@H]23)C[C@@H](O[Si](C)(C)C(C)(C)C)C[C@@H]1O[Si](C)(C)C(C)(C)C. The van der Waals surface area contributed by atoms with Gasteiger partial charge in [0.2, 0.25) is 0 Å². The average Bonchev–Trinajstić information content (AvgIpc) is 3.64. The van der Waals surface area contributed by atoms with Crippen LogP contribution >= 0.6 is 0 Å². The van der Waals surface area contributed by atoms with E-state index in [-0.39, 0.29) is 22.3 Å². The first-order chi connectivity index (χ1) is 20.6. The van der Waals surface area contributed by atoms with E-state index in [0.29, 0.717) is 34.9 Å². The molecule has 4 saturated carbocycles. The first-order valence-electron chi connectivity index (χ1n) is 18.3. The Morgan fingerprint density at radius 1 is 0.978 bits per heavy atom. The third-order valence-corrected chi connectivity index (χ3v) is 22.2. The smallest absolute Gasteiger partial charge is 0.192 e. The maximum absolute atomic E-state index is 12.5. The lowest BCUT2D eigenvalue weighted by atomic mass is 9.61. The molecule has 0 aromatic heterocycles. The highest BCUT2D eigenvalue weighted by atomic mass is 28.4. The third kappa shape index (κ3) is 8.53. The van der Waals surface area contributed by atoms with Crippen LogP contribution in [0.1, 0.15) is 120 Å². The Bertz CT molecular complexity index is 1190. The second-order valence-electron chi connectivity index (χ2n) is 18.7. The summed E-state index contributed by atoms with van der Waals surface area (Å²) in [5, 5.41) is 0.320. The Labute approximate surface area is 280 Å². The van der Waals surface area contributed by atoms with E-state index in [1.165, 1.54) is 56.1 Å². The van der Waals surface area contributed by atoms with E-state index in [9.17, 15) is 4.79 Å². The molecule has 5 heteroatoms. The van der Waals surface area contributed by atoms with Crippen LogP contribution in [0.3, 0.4) is 0 Å². The fourth-order valence-electron chi connectivity index (χ4n) is 7.98. The van der Waals surface area contributed by atoms with Crippen molar-refractivity contribution in [1.82, 2.24) is 0 Å². The van der Waals surface area contributed by atoms with Gasteiger partial charge in [-0.2, -0.15) is 0 Å². The van der Waals surface area contributed by atoms with Crippen LogP contribution in [0.2, 0.25) is 36.3 Å². The van der Waals surface area contributed by atoms with Crippen molar-refractivity contribution in [3.05, 3.63) is 47.6 Å². The zero-order chi connectivity index (χ0) is 33.6. The topological polar surface area (TPSA) is 35.5 Å². The standard InChI is InChI=1S/C40H68O3Si2/c1-28(16-21-33(41)25-30-17-18-30)35-22-23-36-31(15-14-24-40(35,36)9)19-20-32-26-34(42-44(10,11)38(3,4)5)27-37(29(32)2)43-45(12,13)39(6,7)8/h16,19-21,28,30,34-37H,2,14-15,17-18,22-27H2,1,3-13H3/b21-16+,31-19+,32-20+/t28-,34-,35-,36+,37+,40-/m1/s1. The van der Waals surface area contributed by atoms with Gasteiger partial charge in [0.25, 0.3) is 0 Å². The van der Waals surface area contributed by atoms with Crippen molar-refractivity contribution in [2.75, 3.05) is 0 Å². The van der Waals surface area contributed by atoms with Crippen molar-refractivity contribution in [2.24, 2.45) is 29.1 Å². The van der Waals surface area contributed by atoms with E-state index < -0.39 is 16.6 Å². The van der Waals surface area contributed by atoms with Gasteiger partial charge in [0.15, 0.2) is 22.4 Å². The molecule has 4 aliphatic rings. The second kappa shape index (κ2) is 13.5. The molecule has 0 aliphatic heterocycles. The van der Waals surface area contributed by atoms with Crippen LogP contribution < -0.4 is 0 Å². The Kier molecular flexibility index (Phi) is 11.0. The highest BCUT2D eigenvalue weighted by Crippen LogP contribution is 2.59. The minimum Gasteiger partial charge on any atom is -0.413 e. The molecule has 4 aliphatic carbocycles. The van der Waals surface area contributed by atoms with Crippen molar-refractivity contribution < 1.29 is 13.6 Å². The molecule has 254 valence electrons. The van der Waals surface area contributed by atoms with Crippen LogP contribution in [-0.2, 0) is 13.6 Å². The van der Waals surface area contributed by atoms with Crippen LogP contribution in [0.5, 0.6) is 0 Å². The number of rotatable bonds is 10. The normalized spacial score (nSPS) is 32.8. The molecular formula is C40H68O3Si2. The third-order valence-electron chi connectivity index (χ3n) is 13.2. The van der Waals surface area contributed by atoms with Gasteiger partial charge in [-0.25, -0.2) is 0 Å². The van der Waals surface area contributed by atoms with Gasteiger partial charge in [0.1, 0.15) is 0 Å². The zero-order valence-electron chi connectivity index (χ0n) is 31.3. The summed E-state index contributed by atoms with van der Waals surface area (Å²) >= 11 is 0. The molecule has 0 heterocycles. The van der Waals surface area contributed by atoms with Crippen LogP contribution in [0.4, 0.5) is 0 Å². The molecule has 0 bridgehead atoms. The van der Waals surface area contributed by atoms with Gasteiger partial charge in [-0.1, -0.05) is 85.8 Å². The van der Waals surface area contributed by atoms with Gasteiger partial charge < -0.3 is 8.85 Å². The fourth-order valence-corrected chi connectivity index (χ4v) is 10.6. The van der Waals surface area contributed by atoms with E-state index in [1.807, 2.05) is 6.08 Å². The van der Waals surface area contributed by atoms with Crippen LogP contribution in [0.15, 0.2) is 47.6 Å². The summed E-state index contributed by atoms with van der Waals surface area (Å²) in [5.41, 5.74) is 4.43. The lowest BCUT2D eigenvalue weighted by Gasteiger charge is -2.45. The molecule has 45 heavy (non-hydrogen) atoms. The van der Waals surface area contributed by atoms with Crippen LogP contribution in [0.25, 0.3) is 0 Å². The fraction of sp³-hybridized carbons (Fsp3) is 0.775. The van der Waals surface area contributed by atoms with Gasteiger partial charge in [-0.15, -0.1) is 0 Å². The molecular weight excluding hydrogens is 585 g/mol. The Balaban J connectivity index is 1.56. The van der Waals surface area contributed by atoms with Crippen molar-refractivity contribution in [3.63, 3.8) is 0 Å². The number of hydrogen-bond donors (Lipinski definition) is 0. The molecule has 0 unspecified atom stereocenters. The molecule has 6 atom stereocenters. The summed E-state index contributed by atoms with van der Waals surface area (Å²) < 4.78 is 14.2. The number of hydrogen-bond acceptors (Lipinski definition) is 3. The lowest BCUT2D eigenvalue weighted by molar-refractivity contribution is -0.114. The number of carbonyl (C=O) groups is 1. The minimum atomic E-state index is -1.98. The largest absolute Gasteiger partial charge is 0.413 e. The van der Waals surface area contributed by atoms with E-state index >= 15 is 0 Å². The summed E-state index contributed by atoms with van der Waals surface area (Å²) in [6.07, 6.45) is 20.6. The van der Waals surface area contributed by atoms with Gasteiger partial charge >= 0.3 is 0 Å². The van der Waals surface area contributed by atoms with Gasteiger partial charge in [-0.3, -0.25) is 4.79 Å². The highest BCUT2D eigenvalue weighted by molar-refractivity contribution is 6.74. The maximum Gasteiger partial charge on any atom is 0.192 e. The second-order valence-corrected chi connectivity index (χ2v) is 28.2. The minimum absolute atomic E-state index is 0.0156. The number of ketones is 1.